The van der Waals surface area contributed by atoms with Crippen molar-refractivity contribution in [3.8, 4) is 17.2 Å². The second-order valence-corrected chi connectivity index (χ2v) is 4.64. The van der Waals surface area contributed by atoms with E-state index < -0.39 is 6.10 Å². The molecule has 3 N–H and O–H groups in total. The van der Waals surface area contributed by atoms with Gasteiger partial charge in [0.05, 0.1) is 6.10 Å². The summed E-state index contributed by atoms with van der Waals surface area (Å²) in [6, 6.07) is 11.9. The molecule has 0 bridgehead atoms. The molecule has 2 atom stereocenters. The second kappa shape index (κ2) is 4.48. The summed E-state index contributed by atoms with van der Waals surface area (Å²) in [6.07, 6.45) is -0.511. The maximum absolute atomic E-state index is 10.1. The highest BCUT2D eigenvalue weighted by molar-refractivity contribution is 5.43. The van der Waals surface area contributed by atoms with Gasteiger partial charge in [0.15, 0.2) is 11.5 Å². The molecule has 3 rings (SSSR count). The molecule has 0 aliphatic carbocycles. The fourth-order valence-corrected chi connectivity index (χ4v) is 2.34. The lowest BCUT2D eigenvalue weighted by Gasteiger charge is -2.29. The standard InChI is InChI=1S/C15H14O4/c16-11-6-5-9(7-13(11)18)15-8-12(17)10-3-1-2-4-14(10)19-15/h1-7,12,15-18H,8H2/t12-,15-/m0/s1. The smallest absolute Gasteiger partial charge is 0.157 e. The van der Waals surface area contributed by atoms with Crippen LogP contribution in [0.2, 0.25) is 0 Å². The number of benzene rings is 2. The first-order valence-electron chi connectivity index (χ1n) is 6.10. The lowest BCUT2D eigenvalue weighted by Crippen LogP contribution is -2.18. The van der Waals surface area contributed by atoms with Crippen molar-refractivity contribution in [2.24, 2.45) is 0 Å². The molecule has 1 heterocycles. The van der Waals surface area contributed by atoms with Crippen LogP contribution in [0.3, 0.4) is 0 Å². The van der Waals surface area contributed by atoms with Gasteiger partial charge >= 0.3 is 0 Å². The summed E-state index contributed by atoms with van der Waals surface area (Å²) in [6.45, 7) is 0. The van der Waals surface area contributed by atoms with E-state index in [2.05, 4.69) is 0 Å². The van der Waals surface area contributed by atoms with E-state index in [4.69, 9.17) is 4.74 Å². The fraction of sp³-hybridized carbons (Fsp3) is 0.200. The van der Waals surface area contributed by atoms with Gasteiger partial charge in [0.1, 0.15) is 11.9 Å². The predicted molar refractivity (Wildman–Crippen MR) is 69.2 cm³/mol. The summed E-state index contributed by atoms with van der Waals surface area (Å²) >= 11 is 0. The molecule has 0 amide bonds. The minimum Gasteiger partial charge on any atom is -0.504 e. The lowest BCUT2D eigenvalue weighted by atomic mass is 9.95. The number of hydrogen-bond acceptors (Lipinski definition) is 4. The summed E-state index contributed by atoms with van der Waals surface area (Å²) in [5.41, 5.74) is 1.51. The van der Waals surface area contributed by atoms with Crippen molar-refractivity contribution in [1.82, 2.24) is 0 Å². The van der Waals surface area contributed by atoms with Crippen molar-refractivity contribution < 1.29 is 20.1 Å². The van der Waals surface area contributed by atoms with Crippen LogP contribution in [0.15, 0.2) is 42.5 Å². The lowest BCUT2D eigenvalue weighted by molar-refractivity contribution is 0.0656. The van der Waals surface area contributed by atoms with E-state index in [0.717, 1.165) is 11.1 Å². The Labute approximate surface area is 110 Å². The number of fused-ring (bicyclic) bond motifs is 1. The number of aliphatic hydroxyl groups excluding tert-OH is 1. The summed E-state index contributed by atoms with van der Waals surface area (Å²) < 4.78 is 5.83. The van der Waals surface area contributed by atoms with Gasteiger partial charge in [0.2, 0.25) is 0 Å². The molecule has 1 aliphatic rings. The minimum absolute atomic E-state index is 0.166. The normalized spacial score (nSPS) is 21.5. The van der Waals surface area contributed by atoms with Gasteiger partial charge in [-0.15, -0.1) is 0 Å². The zero-order valence-electron chi connectivity index (χ0n) is 10.2. The van der Waals surface area contributed by atoms with E-state index >= 15 is 0 Å². The van der Waals surface area contributed by atoms with Gasteiger partial charge in [-0.1, -0.05) is 24.3 Å². The molecule has 19 heavy (non-hydrogen) atoms. The highest BCUT2D eigenvalue weighted by Gasteiger charge is 2.28. The van der Waals surface area contributed by atoms with Crippen molar-refractivity contribution >= 4 is 0 Å². The SMILES string of the molecule is Oc1ccc([C@@H]2C[C@H](O)c3ccccc3O2)cc1O. The van der Waals surface area contributed by atoms with Crippen LogP contribution in [0.5, 0.6) is 17.2 Å². The van der Waals surface area contributed by atoms with Gasteiger partial charge in [0, 0.05) is 12.0 Å². The van der Waals surface area contributed by atoms with E-state index in [1.54, 1.807) is 6.07 Å². The fourth-order valence-electron chi connectivity index (χ4n) is 2.34. The van der Waals surface area contributed by atoms with Crippen molar-refractivity contribution in [3.63, 3.8) is 0 Å². The molecule has 1 aliphatic heterocycles. The van der Waals surface area contributed by atoms with E-state index in [1.807, 2.05) is 24.3 Å². The minimum atomic E-state index is -0.592. The topological polar surface area (TPSA) is 69.9 Å². The number of aliphatic hydroxyl groups is 1. The predicted octanol–water partition coefficient (Wildman–Crippen LogP) is 2.66. The van der Waals surface area contributed by atoms with Crippen LogP contribution in [0.1, 0.15) is 29.8 Å². The number of aromatic hydroxyl groups is 2. The van der Waals surface area contributed by atoms with Crippen LogP contribution in [0, 0.1) is 0 Å². The molecule has 0 fully saturated rings. The van der Waals surface area contributed by atoms with Gasteiger partial charge in [0.25, 0.3) is 0 Å². The molecule has 0 radical (unpaired) electrons. The first-order valence-corrected chi connectivity index (χ1v) is 6.10. The molecular weight excluding hydrogens is 244 g/mol. The zero-order valence-corrected chi connectivity index (χ0v) is 10.2. The number of para-hydroxylation sites is 1. The Hall–Kier alpha value is -2.20. The first kappa shape index (κ1) is 11.9. The van der Waals surface area contributed by atoms with Crippen LogP contribution in [0.4, 0.5) is 0 Å². The highest BCUT2D eigenvalue weighted by Crippen LogP contribution is 2.41. The average Bonchev–Trinajstić information content (AvgIpc) is 2.42. The number of rotatable bonds is 1. The summed E-state index contributed by atoms with van der Waals surface area (Å²) in [4.78, 5) is 0. The Kier molecular flexibility index (Phi) is 2.80. The molecule has 2 aromatic carbocycles. The maximum atomic E-state index is 10.1. The molecule has 98 valence electrons. The monoisotopic (exact) mass is 258 g/mol. The highest BCUT2D eigenvalue weighted by atomic mass is 16.5. The Morgan fingerprint density at radius 3 is 2.58 bits per heavy atom. The third kappa shape index (κ3) is 2.11. The van der Waals surface area contributed by atoms with Crippen molar-refractivity contribution in [3.05, 3.63) is 53.6 Å². The molecule has 0 saturated carbocycles. The molecule has 4 heteroatoms. The summed E-state index contributed by atoms with van der Waals surface area (Å²) in [5.74, 6) is 0.300. The van der Waals surface area contributed by atoms with E-state index in [-0.39, 0.29) is 17.6 Å². The van der Waals surface area contributed by atoms with Gasteiger partial charge in [-0.05, 0) is 23.8 Å². The van der Waals surface area contributed by atoms with E-state index in [9.17, 15) is 15.3 Å². The summed E-state index contributed by atoms with van der Waals surface area (Å²) in [7, 11) is 0. The Bertz CT molecular complexity index is 609. The third-order valence-corrected chi connectivity index (χ3v) is 3.36. The largest absolute Gasteiger partial charge is 0.504 e. The Balaban J connectivity index is 1.94. The van der Waals surface area contributed by atoms with Gasteiger partial charge in [-0.25, -0.2) is 0 Å². The van der Waals surface area contributed by atoms with E-state index in [1.165, 1.54) is 12.1 Å². The molecular formula is C15H14O4. The molecule has 0 saturated heterocycles. The zero-order chi connectivity index (χ0) is 13.4. The van der Waals surface area contributed by atoms with E-state index in [0.29, 0.717) is 12.2 Å². The van der Waals surface area contributed by atoms with Crippen LogP contribution < -0.4 is 4.74 Å². The average molecular weight is 258 g/mol. The van der Waals surface area contributed by atoms with Crippen LogP contribution in [0.25, 0.3) is 0 Å². The Morgan fingerprint density at radius 2 is 1.79 bits per heavy atom. The Morgan fingerprint density at radius 1 is 1.00 bits per heavy atom. The first-order chi connectivity index (χ1) is 9.15. The molecule has 0 aromatic heterocycles. The number of hydrogen-bond donors (Lipinski definition) is 3. The maximum Gasteiger partial charge on any atom is 0.157 e. The third-order valence-electron chi connectivity index (χ3n) is 3.36. The van der Waals surface area contributed by atoms with Gasteiger partial charge < -0.3 is 20.1 Å². The molecule has 4 nitrogen and oxygen atoms in total. The number of phenols is 2. The molecule has 2 aromatic rings. The van der Waals surface area contributed by atoms with Crippen molar-refractivity contribution in [2.45, 2.75) is 18.6 Å². The quantitative estimate of drug-likeness (QED) is 0.688. The van der Waals surface area contributed by atoms with Crippen LogP contribution >= 0.6 is 0 Å². The summed E-state index contributed by atoms with van der Waals surface area (Å²) in [5, 5.41) is 29.0. The van der Waals surface area contributed by atoms with Gasteiger partial charge in [-0.3, -0.25) is 0 Å². The molecule has 0 unspecified atom stereocenters. The number of ether oxygens (including phenoxy) is 1. The van der Waals surface area contributed by atoms with Gasteiger partial charge in [-0.2, -0.15) is 0 Å². The van der Waals surface area contributed by atoms with Crippen molar-refractivity contribution in [1.29, 1.82) is 0 Å². The second-order valence-electron chi connectivity index (χ2n) is 4.64. The molecule has 0 spiro atoms. The van der Waals surface area contributed by atoms with Crippen LogP contribution in [-0.4, -0.2) is 15.3 Å². The van der Waals surface area contributed by atoms with Crippen LogP contribution in [-0.2, 0) is 0 Å². The van der Waals surface area contributed by atoms with Crippen molar-refractivity contribution in [2.75, 3.05) is 0 Å². The number of phenolic OH excluding ortho intramolecular Hbond substituents is 2.